The molecule has 82 valence electrons. The van der Waals surface area contributed by atoms with Gasteiger partial charge < -0.3 is 14.6 Å². The van der Waals surface area contributed by atoms with Gasteiger partial charge in [-0.05, 0) is 12.5 Å². The summed E-state index contributed by atoms with van der Waals surface area (Å²) >= 11 is 6.04. The summed E-state index contributed by atoms with van der Waals surface area (Å²) in [7, 11) is 0. The van der Waals surface area contributed by atoms with E-state index in [0.717, 1.165) is 0 Å². The first kappa shape index (κ1) is 10.6. The molecular formula is C11H13ClO3. The van der Waals surface area contributed by atoms with E-state index < -0.39 is 6.10 Å². The second-order valence-corrected chi connectivity index (χ2v) is 3.85. The van der Waals surface area contributed by atoms with Gasteiger partial charge in [0.2, 0.25) is 0 Å². The highest BCUT2D eigenvalue weighted by atomic mass is 35.5. The van der Waals surface area contributed by atoms with E-state index in [1.54, 1.807) is 12.1 Å². The predicted molar refractivity (Wildman–Crippen MR) is 57.7 cm³/mol. The molecule has 2 rings (SSSR count). The van der Waals surface area contributed by atoms with Crippen LogP contribution in [0.25, 0.3) is 0 Å². The minimum Gasteiger partial charge on any atom is -0.486 e. The third-order valence-corrected chi connectivity index (χ3v) is 2.73. The number of aliphatic hydroxyl groups is 1. The Morgan fingerprint density at radius 2 is 1.93 bits per heavy atom. The smallest absolute Gasteiger partial charge is 0.162 e. The first-order valence-corrected chi connectivity index (χ1v) is 5.37. The molecule has 1 N–H and O–H groups in total. The largest absolute Gasteiger partial charge is 0.486 e. The van der Waals surface area contributed by atoms with Gasteiger partial charge in [0.15, 0.2) is 11.5 Å². The number of fused-ring (bicyclic) bond motifs is 1. The van der Waals surface area contributed by atoms with E-state index in [4.69, 9.17) is 21.1 Å². The Hall–Kier alpha value is -0.930. The number of rotatable bonds is 2. The van der Waals surface area contributed by atoms with Crippen molar-refractivity contribution >= 4 is 11.6 Å². The summed E-state index contributed by atoms with van der Waals surface area (Å²) in [6.45, 7) is 2.98. The van der Waals surface area contributed by atoms with Crippen molar-refractivity contribution in [3.8, 4) is 11.5 Å². The lowest BCUT2D eigenvalue weighted by molar-refractivity contribution is 0.162. The van der Waals surface area contributed by atoms with Gasteiger partial charge in [-0.2, -0.15) is 0 Å². The van der Waals surface area contributed by atoms with Gasteiger partial charge in [-0.1, -0.05) is 18.5 Å². The summed E-state index contributed by atoms with van der Waals surface area (Å²) in [5.74, 6) is 1.31. The Morgan fingerprint density at radius 1 is 1.33 bits per heavy atom. The SMILES string of the molecule is CC[C@@H](O)c1cc2c(cc1Cl)OCCO2. The minimum atomic E-state index is -0.548. The van der Waals surface area contributed by atoms with Crippen molar-refractivity contribution < 1.29 is 14.6 Å². The fraction of sp³-hybridized carbons (Fsp3) is 0.455. The summed E-state index contributed by atoms with van der Waals surface area (Å²) in [4.78, 5) is 0. The molecule has 0 spiro atoms. The van der Waals surface area contributed by atoms with Crippen molar-refractivity contribution in [1.29, 1.82) is 0 Å². The van der Waals surface area contributed by atoms with Crippen LogP contribution in [0.2, 0.25) is 5.02 Å². The van der Waals surface area contributed by atoms with Crippen molar-refractivity contribution in [1.82, 2.24) is 0 Å². The van der Waals surface area contributed by atoms with E-state index in [1.807, 2.05) is 6.92 Å². The highest BCUT2D eigenvalue weighted by Gasteiger charge is 2.18. The maximum Gasteiger partial charge on any atom is 0.162 e. The van der Waals surface area contributed by atoms with Crippen molar-refractivity contribution in [2.45, 2.75) is 19.4 Å². The highest BCUT2D eigenvalue weighted by molar-refractivity contribution is 6.31. The van der Waals surface area contributed by atoms with Gasteiger partial charge in [-0.25, -0.2) is 0 Å². The second kappa shape index (κ2) is 4.29. The van der Waals surface area contributed by atoms with Crippen LogP contribution in [0.4, 0.5) is 0 Å². The van der Waals surface area contributed by atoms with Crippen LogP contribution in [-0.2, 0) is 0 Å². The molecule has 0 fully saturated rings. The maximum absolute atomic E-state index is 9.73. The number of aliphatic hydroxyl groups excluding tert-OH is 1. The molecule has 1 atom stereocenters. The van der Waals surface area contributed by atoms with Gasteiger partial charge in [0.1, 0.15) is 13.2 Å². The van der Waals surface area contributed by atoms with E-state index in [-0.39, 0.29) is 0 Å². The van der Waals surface area contributed by atoms with Crippen LogP contribution < -0.4 is 9.47 Å². The zero-order valence-corrected chi connectivity index (χ0v) is 9.25. The fourth-order valence-electron chi connectivity index (χ4n) is 1.55. The number of halogens is 1. The molecule has 1 aliphatic rings. The molecule has 0 saturated heterocycles. The molecule has 0 radical (unpaired) electrons. The Labute approximate surface area is 93.6 Å². The van der Waals surface area contributed by atoms with Gasteiger partial charge in [0, 0.05) is 11.6 Å². The van der Waals surface area contributed by atoms with Gasteiger partial charge >= 0.3 is 0 Å². The monoisotopic (exact) mass is 228 g/mol. The topological polar surface area (TPSA) is 38.7 Å². The molecule has 0 aromatic heterocycles. The quantitative estimate of drug-likeness (QED) is 0.846. The Morgan fingerprint density at radius 3 is 2.53 bits per heavy atom. The first-order chi connectivity index (χ1) is 7.22. The summed E-state index contributed by atoms with van der Waals surface area (Å²) in [6.07, 6.45) is 0.0765. The Balaban J connectivity index is 2.40. The third-order valence-electron chi connectivity index (χ3n) is 2.41. The molecule has 1 heterocycles. The fourth-order valence-corrected chi connectivity index (χ4v) is 1.83. The van der Waals surface area contributed by atoms with Gasteiger partial charge in [-0.3, -0.25) is 0 Å². The maximum atomic E-state index is 9.73. The molecule has 1 aliphatic heterocycles. The molecule has 0 bridgehead atoms. The molecule has 0 aliphatic carbocycles. The summed E-state index contributed by atoms with van der Waals surface area (Å²) in [5.41, 5.74) is 0.698. The van der Waals surface area contributed by atoms with Crippen LogP contribution >= 0.6 is 11.6 Å². The molecule has 15 heavy (non-hydrogen) atoms. The van der Waals surface area contributed by atoms with Gasteiger partial charge in [0.25, 0.3) is 0 Å². The number of benzene rings is 1. The lowest BCUT2D eigenvalue weighted by Crippen LogP contribution is -2.15. The van der Waals surface area contributed by atoms with Crippen molar-refractivity contribution in [2.24, 2.45) is 0 Å². The number of hydrogen-bond donors (Lipinski definition) is 1. The van der Waals surface area contributed by atoms with E-state index in [2.05, 4.69) is 0 Å². The highest BCUT2D eigenvalue weighted by Crippen LogP contribution is 2.38. The van der Waals surface area contributed by atoms with Crippen LogP contribution in [-0.4, -0.2) is 18.3 Å². The first-order valence-electron chi connectivity index (χ1n) is 4.99. The molecule has 0 amide bonds. The molecule has 3 nitrogen and oxygen atoms in total. The van der Waals surface area contributed by atoms with Crippen molar-refractivity contribution in [3.63, 3.8) is 0 Å². The third kappa shape index (κ3) is 2.03. The van der Waals surface area contributed by atoms with Crippen LogP contribution in [0, 0.1) is 0 Å². The van der Waals surface area contributed by atoms with Crippen LogP contribution in [0.1, 0.15) is 25.0 Å². The zero-order chi connectivity index (χ0) is 10.8. The van der Waals surface area contributed by atoms with Crippen LogP contribution in [0.3, 0.4) is 0 Å². The van der Waals surface area contributed by atoms with Crippen molar-refractivity contribution in [3.05, 3.63) is 22.7 Å². The molecular weight excluding hydrogens is 216 g/mol. The number of ether oxygens (including phenoxy) is 2. The van der Waals surface area contributed by atoms with Gasteiger partial charge in [0.05, 0.1) is 11.1 Å². The van der Waals surface area contributed by atoms with E-state index in [0.29, 0.717) is 41.7 Å². The molecule has 1 aromatic carbocycles. The van der Waals surface area contributed by atoms with Crippen molar-refractivity contribution in [2.75, 3.05) is 13.2 Å². The molecule has 1 aromatic rings. The average molecular weight is 229 g/mol. The van der Waals surface area contributed by atoms with Crippen LogP contribution in [0.5, 0.6) is 11.5 Å². The number of hydrogen-bond acceptors (Lipinski definition) is 3. The summed E-state index contributed by atoms with van der Waals surface area (Å²) in [5, 5.41) is 10.3. The second-order valence-electron chi connectivity index (χ2n) is 3.44. The standard InChI is InChI=1S/C11H13ClO3/c1-2-9(13)7-5-10-11(6-8(7)12)15-4-3-14-10/h5-6,9,13H,2-4H2,1H3/t9-/m1/s1. The predicted octanol–water partition coefficient (Wildman–Crippen LogP) is 2.55. The van der Waals surface area contributed by atoms with Gasteiger partial charge in [-0.15, -0.1) is 0 Å². The Bertz CT molecular complexity index is 365. The Kier molecular flexibility index (Phi) is 3.03. The normalized spacial score (nSPS) is 16.2. The van der Waals surface area contributed by atoms with E-state index in [1.165, 1.54) is 0 Å². The van der Waals surface area contributed by atoms with Crippen LogP contribution in [0.15, 0.2) is 12.1 Å². The summed E-state index contributed by atoms with van der Waals surface area (Å²) < 4.78 is 10.8. The summed E-state index contributed by atoms with van der Waals surface area (Å²) in [6, 6.07) is 3.45. The average Bonchev–Trinajstić information content (AvgIpc) is 2.27. The molecule has 0 unspecified atom stereocenters. The lowest BCUT2D eigenvalue weighted by Gasteiger charge is -2.21. The molecule has 4 heteroatoms. The molecule has 0 saturated carbocycles. The van der Waals surface area contributed by atoms with E-state index in [9.17, 15) is 5.11 Å². The zero-order valence-electron chi connectivity index (χ0n) is 8.50. The minimum absolute atomic E-state index is 0.522. The lowest BCUT2D eigenvalue weighted by atomic mass is 10.1. The van der Waals surface area contributed by atoms with E-state index >= 15 is 0 Å².